The molecule has 9 rings (SSSR count). The minimum atomic E-state index is -0.569. The number of para-hydroxylation sites is 3. The summed E-state index contributed by atoms with van der Waals surface area (Å²) >= 11 is 0. The van der Waals surface area contributed by atoms with Crippen LogP contribution in [0.4, 0.5) is 0 Å². The zero-order valence-electron chi connectivity index (χ0n) is 39.6. The molecule has 0 spiro atoms. The highest BCUT2D eigenvalue weighted by atomic mass is 15.1. The second kappa shape index (κ2) is 11.3. The Morgan fingerprint density at radius 3 is 1.77 bits per heavy atom. The van der Waals surface area contributed by atoms with E-state index in [2.05, 4.69) is 0 Å². The van der Waals surface area contributed by atoms with Gasteiger partial charge < -0.3 is 0 Å². The number of benzene rings is 8. The van der Waals surface area contributed by atoms with Crippen molar-refractivity contribution in [1.82, 2.24) is 9.55 Å². The summed E-state index contributed by atoms with van der Waals surface area (Å²) < 4.78 is 131. The highest BCUT2D eigenvalue weighted by Crippen LogP contribution is 2.45. The summed E-state index contributed by atoms with van der Waals surface area (Å²) in [7, 11) is 0. The maximum Gasteiger partial charge on any atom is 0.145 e. The van der Waals surface area contributed by atoms with E-state index in [1.165, 1.54) is 0 Å². The van der Waals surface area contributed by atoms with Crippen LogP contribution in [0, 0.1) is 0 Å². The first-order valence-corrected chi connectivity index (χ1v) is 14.8. The minimum absolute atomic E-state index is 0.0758. The predicted molar refractivity (Wildman–Crippen MR) is 198 cm³/mol. The molecular weight excluding hydrogens is 569 g/mol. The van der Waals surface area contributed by atoms with Gasteiger partial charge in [0.25, 0.3) is 0 Å². The van der Waals surface area contributed by atoms with Gasteiger partial charge in [-0.15, -0.1) is 0 Å². The Labute approximate surface area is 294 Å². The number of rotatable bonds is 5. The van der Waals surface area contributed by atoms with Crippen molar-refractivity contribution in [3.63, 3.8) is 0 Å². The second-order valence-corrected chi connectivity index (χ2v) is 10.9. The van der Waals surface area contributed by atoms with Crippen LogP contribution in [0.2, 0.25) is 0 Å². The van der Waals surface area contributed by atoms with Gasteiger partial charge in [-0.3, -0.25) is 4.57 Å². The third-order valence-corrected chi connectivity index (χ3v) is 8.24. The van der Waals surface area contributed by atoms with Gasteiger partial charge in [-0.1, -0.05) is 145 Å². The summed E-state index contributed by atoms with van der Waals surface area (Å²) in [6, 6.07) is 19.1. The van der Waals surface area contributed by atoms with E-state index in [-0.39, 0.29) is 27.9 Å². The monoisotopic (exact) mass is 613 g/mol. The zero-order chi connectivity index (χ0) is 44.2. The second-order valence-electron chi connectivity index (χ2n) is 10.9. The SMILES string of the molecule is [2H]c1c([2H])c([2H])c(-c2ccc3c(-c4cccc(-c5nc6ccccc6n5-c5c([2H])c([2H])c([2H])c([2H])c5[2H])c4)c4ccccc4c(-c4c([2H])c([2H])c([2H])c([2H])c4[2H])c3c2)c([2H])c1[2H]. The number of hydrogen-bond acceptors (Lipinski definition) is 1. The summed E-state index contributed by atoms with van der Waals surface area (Å²) in [5.41, 5.74) is 3.10. The van der Waals surface area contributed by atoms with Crippen LogP contribution in [0.3, 0.4) is 0 Å². The predicted octanol–water partition coefficient (Wildman–Crippen LogP) is 12.0. The molecule has 0 amide bonds. The first kappa shape index (κ1) is 15.8. The lowest BCUT2D eigenvalue weighted by atomic mass is 9.84. The number of aromatic nitrogens is 2. The van der Waals surface area contributed by atoms with Crippen LogP contribution >= 0.6 is 0 Å². The molecule has 47 heavy (non-hydrogen) atoms. The summed E-state index contributed by atoms with van der Waals surface area (Å²) in [4.78, 5) is 4.92. The highest BCUT2D eigenvalue weighted by molar-refractivity contribution is 6.22. The van der Waals surface area contributed by atoms with Crippen LogP contribution < -0.4 is 0 Å². The molecule has 0 aliphatic rings. The van der Waals surface area contributed by atoms with Crippen LogP contribution in [0.5, 0.6) is 0 Å². The summed E-state index contributed by atoms with van der Waals surface area (Å²) in [6.07, 6.45) is 0. The molecule has 0 radical (unpaired) electrons. The first-order valence-electron chi connectivity index (χ1n) is 22.3. The van der Waals surface area contributed by atoms with E-state index in [0.29, 0.717) is 55.1 Å². The molecule has 1 aromatic heterocycles. The van der Waals surface area contributed by atoms with Crippen molar-refractivity contribution < 1.29 is 20.6 Å². The van der Waals surface area contributed by atoms with Gasteiger partial charge in [0.15, 0.2) is 0 Å². The average Bonchev–Trinajstić information content (AvgIpc) is 3.66. The molecule has 0 saturated heterocycles. The van der Waals surface area contributed by atoms with Gasteiger partial charge in [-0.2, -0.15) is 0 Å². The van der Waals surface area contributed by atoms with E-state index < -0.39 is 90.6 Å². The lowest BCUT2D eigenvalue weighted by Crippen LogP contribution is -1.97. The number of fused-ring (bicyclic) bond motifs is 3. The van der Waals surface area contributed by atoms with Crippen LogP contribution in [0.15, 0.2) is 182 Å². The number of hydrogen-bond donors (Lipinski definition) is 0. The van der Waals surface area contributed by atoms with Crippen LogP contribution in [0.25, 0.3) is 83.0 Å². The Bertz CT molecular complexity index is 3350. The molecule has 8 aromatic carbocycles. The van der Waals surface area contributed by atoms with E-state index in [4.69, 9.17) is 25.5 Å². The van der Waals surface area contributed by atoms with Crippen molar-refractivity contribution in [2.75, 3.05) is 0 Å². The molecule has 0 aliphatic carbocycles. The first-order chi connectivity index (χ1) is 29.5. The zero-order valence-corrected chi connectivity index (χ0v) is 24.6. The topological polar surface area (TPSA) is 17.8 Å². The van der Waals surface area contributed by atoms with E-state index in [1.54, 1.807) is 71.3 Å². The number of imidazole rings is 1. The third-order valence-electron chi connectivity index (χ3n) is 8.24. The van der Waals surface area contributed by atoms with Gasteiger partial charge in [0.05, 0.1) is 31.6 Å². The Kier molecular flexibility index (Phi) is 3.80. The molecule has 0 unspecified atom stereocenters. The molecule has 9 aromatic rings. The third kappa shape index (κ3) is 4.62. The van der Waals surface area contributed by atoms with Gasteiger partial charge in [0.2, 0.25) is 0 Å². The van der Waals surface area contributed by atoms with Crippen LogP contribution in [-0.4, -0.2) is 9.55 Å². The number of nitrogens with zero attached hydrogens (tertiary/aromatic N) is 2. The van der Waals surface area contributed by atoms with Crippen molar-refractivity contribution in [2.24, 2.45) is 0 Å². The Balaban J connectivity index is 1.40. The van der Waals surface area contributed by atoms with Gasteiger partial charge in [0, 0.05) is 11.3 Å². The van der Waals surface area contributed by atoms with E-state index in [9.17, 15) is 0 Å². The van der Waals surface area contributed by atoms with Crippen LogP contribution in [0.1, 0.15) is 20.6 Å². The Morgan fingerprint density at radius 1 is 0.426 bits per heavy atom. The summed E-state index contributed by atoms with van der Waals surface area (Å²) in [5.74, 6) is 0.291. The molecule has 2 nitrogen and oxygen atoms in total. The molecule has 0 N–H and O–H groups in total. The molecule has 0 atom stereocenters. The Hall–Kier alpha value is -6.25. The Morgan fingerprint density at radius 2 is 1.02 bits per heavy atom. The maximum atomic E-state index is 9.06. The molecule has 220 valence electrons. The molecule has 0 fully saturated rings. The molecule has 1 heterocycles. The van der Waals surface area contributed by atoms with Crippen molar-refractivity contribution in [1.29, 1.82) is 0 Å². The van der Waals surface area contributed by atoms with E-state index in [0.717, 1.165) is 0 Å². The van der Waals surface area contributed by atoms with Crippen LogP contribution in [-0.2, 0) is 0 Å². The highest BCUT2D eigenvalue weighted by Gasteiger charge is 2.19. The van der Waals surface area contributed by atoms with Crippen molar-refractivity contribution in [2.45, 2.75) is 0 Å². The van der Waals surface area contributed by atoms with Gasteiger partial charge >= 0.3 is 0 Å². The van der Waals surface area contributed by atoms with Crippen molar-refractivity contribution in [3.8, 4) is 50.5 Å². The van der Waals surface area contributed by atoms with Gasteiger partial charge in [-0.25, -0.2) is 4.98 Å². The minimum Gasteiger partial charge on any atom is -0.292 e. The largest absolute Gasteiger partial charge is 0.292 e. The fourth-order valence-electron chi connectivity index (χ4n) is 6.30. The summed E-state index contributed by atoms with van der Waals surface area (Å²) in [6.45, 7) is 0. The molecule has 0 bridgehead atoms. The quantitative estimate of drug-likeness (QED) is 0.177. The van der Waals surface area contributed by atoms with Crippen molar-refractivity contribution in [3.05, 3.63) is 182 Å². The van der Waals surface area contributed by atoms with Crippen molar-refractivity contribution >= 4 is 32.6 Å². The lowest BCUT2D eigenvalue weighted by molar-refractivity contribution is 1.10. The normalized spacial score (nSPS) is 15.9. The van der Waals surface area contributed by atoms with E-state index in [1.807, 2.05) is 24.3 Å². The van der Waals surface area contributed by atoms with Gasteiger partial charge in [0.1, 0.15) is 5.82 Å². The lowest BCUT2D eigenvalue weighted by Gasteiger charge is -2.19. The molecular formula is C45H30N2. The molecule has 2 heteroatoms. The fraction of sp³-hybridized carbons (Fsp3) is 0. The van der Waals surface area contributed by atoms with E-state index >= 15 is 0 Å². The maximum absolute atomic E-state index is 9.06. The fourth-order valence-corrected chi connectivity index (χ4v) is 6.30. The molecule has 0 saturated carbocycles. The summed E-state index contributed by atoms with van der Waals surface area (Å²) in [5, 5.41) is 2.05. The standard InChI is InChI=1S/C45H30N2/c1-4-15-31(16-5-1)33-27-28-39-40(30-33)43(32-17-6-2-7-18-32)37-23-10-11-24-38(37)44(39)34-19-14-20-35(29-34)45-46-41-25-12-13-26-42(41)47(45)36-21-8-3-9-22-36/h1-30H/i1D,2D,3D,4D,5D,6D,7D,8D,9D,15D,16D,17D,18D,21D,22D. The average molecular weight is 614 g/mol. The molecule has 0 aliphatic heterocycles. The smallest absolute Gasteiger partial charge is 0.145 e. The van der Waals surface area contributed by atoms with Gasteiger partial charge in [-0.05, 0) is 91.3 Å².